The van der Waals surface area contributed by atoms with Gasteiger partial charge in [-0.15, -0.1) is 0 Å². The first-order valence-corrected chi connectivity index (χ1v) is 6.98. The molecule has 0 bridgehead atoms. The van der Waals surface area contributed by atoms with Gasteiger partial charge >= 0.3 is 5.97 Å². The first kappa shape index (κ1) is 14.5. The second-order valence-electron chi connectivity index (χ2n) is 5.69. The zero-order chi connectivity index (χ0) is 14.7. The van der Waals surface area contributed by atoms with Crippen LogP contribution in [0.2, 0.25) is 0 Å². The highest BCUT2D eigenvalue weighted by atomic mass is 16.4. The van der Waals surface area contributed by atoms with Crippen LogP contribution in [-0.2, 0) is 0 Å². The molecule has 1 N–H and O–H groups in total. The number of carbonyl (C=O) groups is 2. The van der Waals surface area contributed by atoms with Gasteiger partial charge in [0.05, 0.1) is 11.1 Å². The third-order valence-corrected chi connectivity index (χ3v) is 3.61. The summed E-state index contributed by atoms with van der Waals surface area (Å²) in [5.41, 5.74) is 0.413. The number of aromatic nitrogens is 1. The maximum atomic E-state index is 12.5. The zero-order valence-corrected chi connectivity index (χ0v) is 11.9. The van der Waals surface area contributed by atoms with E-state index in [0.717, 1.165) is 25.8 Å². The van der Waals surface area contributed by atoms with Crippen LogP contribution < -0.4 is 0 Å². The summed E-state index contributed by atoms with van der Waals surface area (Å²) < 4.78 is 0. The van der Waals surface area contributed by atoms with E-state index in [0.29, 0.717) is 11.5 Å². The maximum Gasteiger partial charge on any atom is 0.337 e. The molecule has 5 nitrogen and oxygen atoms in total. The second-order valence-corrected chi connectivity index (χ2v) is 5.69. The van der Waals surface area contributed by atoms with Gasteiger partial charge in [-0.1, -0.05) is 13.8 Å². The first-order valence-electron chi connectivity index (χ1n) is 6.98. The van der Waals surface area contributed by atoms with Crippen molar-refractivity contribution < 1.29 is 14.7 Å². The van der Waals surface area contributed by atoms with Crippen molar-refractivity contribution >= 4 is 11.9 Å². The Morgan fingerprint density at radius 1 is 1.40 bits per heavy atom. The van der Waals surface area contributed by atoms with Gasteiger partial charge in [0, 0.05) is 25.0 Å². The number of hydrogen-bond donors (Lipinski definition) is 1. The minimum atomic E-state index is -1.06. The normalized spacial score (nSPS) is 18.6. The lowest BCUT2D eigenvalue weighted by Crippen LogP contribution is -2.36. The van der Waals surface area contributed by atoms with Crippen LogP contribution in [0, 0.1) is 5.92 Å². The fourth-order valence-corrected chi connectivity index (χ4v) is 2.73. The molecule has 1 atom stereocenters. The van der Waals surface area contributed by atoms with E-state index >= 15 is 0 Å². The molecule has 1 amide bonds. The molecular weight excluding hydrogens is 256 g/mol. The van der Waals surface area contributed by atoms with Crippen molar-refractivity contribution in [1.82, 2.24) is 9.88 Å². The number of aromatic carboxylic acids is 1. The largest absolute Gasteiger partial charge is 0.478 e. The van der Waals surface area contributed by atoms with E-state index in [-0.39, 0.29) is 17.5 Å². The number of amides is 1. The average Bonchev–Trinajstić information content (AvgIpc) is 2.85. The SMILES string of the molecule is CC(C)CC1CCCN1C(=O)c1cncc(C(=O)O)c1. The molecule has 1 aliphatic rings. The topological polar surface area (TPSA) is 70.5 Å². The quantitative estimate of drug-likeness (QED) is 0.917. The van der Waals surface area contributed by atoms with E-state index in [2.05, 4.69) is 18.8 Å². The van der Waals surface area contributed by atoms with Gasteiger partial charge in [-0.3, -0.25) is 9.78 Å². The van der Waals surface area contributed by atoms with Crippen molar-refractivity contribution in [2.75, 3.05) is 6.54 Å². The zero-order valence-electron chi connectivity index (χ0n) is 11.9. The number of nitrogens with zero attached hydrogens (tertiary/aromatic N) is 2. The summed E-state index contributed by atoms with van der Waals surface area (Å²) in [6.07, 6.45) is 5.72. The Morgan fingerprint density at radius 2 is 2.10 bits per heavy atom. The molecule has 1 fully saturated rings. The summed E-state index contributed by atoms with van der Waals surface area (Å²) in [5.74, 6) is -0.632. The Hall–Kier alpha value is -1.91. The third-order valence-electron chi connectivity index (χ3n) is 3.61. The van der Waals surface area contributed by atoms with Crippen LogP contribution in [0.3, 0.4) is 0 Å². The summed E-state index contributed by atoms with van der Waals surface area (Å²) in [7, 11) is 0. The van der Waals surface area contributed by atoms with Crippen molar-refractivity contribution in [3.8, 4) is 0 Å². The van der Waals surface area contributed by atoms with Gasteiger partial charge in [-0.25, -0.2) is 4.79 Å². The fraction of sp³-hybridized carbons (Fsp3) is 0.533. The molecule has 0 aliphatic carbocycles. The fourth-order valence-electron chi connectivity index (χ4n) is 2.73. The lowest BCUT2D eigenvalue weighted by molar-refractivity contribution is 0.0696. The minimum Gasteiger partial charge on any atom is -0.478 e. The number of carbonyl (C=O) groups excluding carboxylic acids is 1. The highest BCUT2D eigenvalue weighted by Crippen LogP contribution is 2.25. The molecule has 1 aromatic rings. The first-order chi connectivity index (χ1) is 9.49. The van der Waals surface area contributed by atoms with E-state index in [1.807, 2.05) is 4.90 Å². The summed E-state index contributed by atoms with van der Waals surface area (Å²) in [6.45, 7) is 5.04. The van der Waals surface area contributed by atoms with E-state index < -0.39 is 5.97 Å². The van der Waals surface area contributed by atoms with Gasteiger partial charge in [0.25, 0.3) is 5.91 Å². The molecule has 1 unspecified atom stereocenters. The van der Waals surface area contributed by atoms with Gasteiger partial charge in [0.2, 0.25) is 0 Å². The van der Waals surface area contributed by atoms with Gasteiger partial charge in [0.15, 0.2) is 0 Å². The molecule has 1 saturated heterocycles. The molecule has 0 radical (unpaired) electrons. The maximum absolute atomic E-state index is 12.5. The Kier molecular flexibility index (Phi) is 4.37. The molecule has 2 heterocycles. The lowest BCUT2D eigenvalue weighted by Gasteiger charge is -2.26. The van der Waals surface area contributed by atoms with Gasteiger partial charge < -0.3 is 10.0 Å². The second kappa shape index (κ2) is 6.03. The van der Waals surface area contributed by atoms with Gasteiger partial charge in [-0.2, -0.15) is 0 Å². The molecule has 1 aliphatic heterocycles. The van der Waals surface area contributed by atoms with Crippen LogP contribution in [0.5, 0.6) is 0 Å². The molecule has 2 rings (SSSR count). The van der Waals surface area contributed by atoms with E-state index in [4.69, 9.17) is 5.11 Å². The van der Waals surface area contributed by atoms with E-state index in [1.54, 1.807) is 0 Å². The molecule has 0 aromatic carbocycles. The van der Waals surface area contributed by atoms with Crippen molar-refractivity contribution in [1.29, 1.82) is 0 Å². The number of carboxylic acid groups (broad SMARTS) is 1. The molecule has 108 valence electrons. The molecule has 20 heavy (non-hydrogen) atoms. The van der Waals surface area contributed by atoms with Crippen LogP contribution in [0.4, 0.5) is 0 Å². The van der Waals surface area contributed by atoms with Crippen LogP contribution in [0.1, 0.15) is 53.8 Å². The molecular formula is C15H20N2O3. The predicted octanol–water partition coefficient (Wildman–Crippen LogP) is 2.43. The van der Waals surface area contributed by atoms with Crippen molar-refractivity contribution in [2.24, 2.45) is 5.92 Å². The van der Waals surface area contributed by atoms with Gasteiger partial charge in [0.1, 0.15) is 0 Å². The van der Waals surface area contributed by atoms with Crippen LogP contribution in [0.15, 0.2) is 18.5 Å². The Labute approximate surface area is 118 Å². The highest BCUT2D eigenvalue weighted by Gasteiger charge is 2.30. The highest BCUT2D eigenvalue weighted by molar-refractivity contribution is 5.97. The Bertz CT molecular complexity index is 514. The number of rotatable bonds is 4. The lowest BCUT2D eigenvalue weighted by atomic mass is 10.0. The summed E-state index contributed by atoms with van der Waals surface area (Å²) in [6, 6.07) is 1.67. The number of carboxylic acids is 1. The van der Waals surface area contributed by atoms with Crippen LogP contribution in [0.25, 0.3) is 0 Å². The summed E-state index contributed by atoms with van der Waals surface area (Å²) in [5, 5.41) is 8.96. The van der Waals surface area contributed by atoms with Crippen molar-refractivity contribution in [3.63, 3.8) is 0 Å². The number of likely N-dealkylation sites (tertiary alicyclic amines) is 1. The smallest absolute Gasteiger partial charge is 0.337 e. The molecule has 0 saturated carbocycles. The predicted molar refractivity (Wildman–Crippen MR) is 74.7 cm³/mol. The molecule has 5 heteroatoms. The van der Waals surface area contributed by atoms with Crippen LogP contribution in [-0.4, -0.2) is 39.5 Å². The van der Waals surface area contributed by atoms with E-state index in [9.17, 15) is 9.59 Å². The minimum absolute atomic E-state index is 0.0513. The third kappa shape index (κ3) is 3.15. The van der Waals surface area contributed by atoms with Gasteiger partial charge in [-0.05, 0) is 31.2 Å². The summed E-state index contributed by atoms with van der Waals surface area (Å²) in [4.78, 5) is 29.2. The summed E-state index contributed by atoms with van der Waals surface area (Å²) >= 11 is 0. The monoisotopic (exact) mass is 276 g/mol. The standard InChI is InChI=1S/C15H20N2O3/c1-10(2)6-13-4-3-5-17(13)14(18)11-7-12(15(19)20)9-16-8-11/h7-10,13H,3-6H2,1-2H3,(H,19,20). The van der Waals surface area contributed by atoms with Crippen LogP contribution >= 0.6 is 0 Å². The molecule has 0 spiro atoms. The number of hydrogen-bond acceptors (Lipinski definition) is 3. The molecule has 1 aromatic heterocycles. The average molecular weight is 276 g/mol. The van der Waals surface area contributed by atoms with E-state index in [1.165, 1.54) is 18.5 Å². The Balaban J connectivity index is 2.18. The number of pyridine rings is 1. The Morgan fingerprint density at radius 3 is 2.75 bits per heavy atom. The van der Waals surface area contributed by atoms with Crippen molar-refractivity contribution in [2.45, 2.75) is 39.2 Å². The van der Waals surface area contributed by atoms with Crippen molar-refractivity contribution in [3.05, 3.63) is 29.6 Å².